The van der Waals surface area contributed by atoms with Crippen molar-refractivity contribution in [2.45, 2.75) is 43.6 Å². The number of aliphatic hydroxyl groups is 1. The standard InChI is InChI=1S/C19H23Cl3O4/c20-12-7-13(21)9-14(8-12)26-11-16-15(17(22)10-18(16)23)5-3-1-2-4-6-19(24)25/h1,3,7-9,15-18,23H,2,4-6,10-11H2,(H,24,25)/b3-1-/t15-,16-,17+,18-/m1/s1. The van der Waals surface area contributed by atoms with Crippen LogP contribution in [-0.4, -0.2) is 34.3 Å². The molecule has 0 amide bonds. The Labute approximate surface area is 168 Å². The van der Waals surface area contributed by atoms with Crippen molar-refractivity contribution in [3.8, 4) is 5.75 Å². The first-order valence-corrected chi connectivity index (χ1v) is 9.84. The lowest BCUT2D eigenvalue weighted by molar-refractivity contribution is -0.137. The summed E-state index contributed by atoms with van der Waals surface area (Å²) in [5, 5.41) is 19.8. The second-order valence-corrected chi connectivity index (χ2v) is 7.99. The molecule has 0 heterocycles. The highest BCUT2D eigenvalue weighted by Crippen LogP contribution is 2.39. The molecule has 1 saturated carbocycles. The molecule has 1 aliphatic rings. The minimum absolute atomic E-state index is 0.0843. The Morgan fingerprint density at radius 2 is 1.88 bits per heavy atom. The van der Waals surface area contributed by atoms with Gasteiger partial charge in [-0.2, -0.15) is 0 Å². The molecule has 0 radical (unpaired) electrons. The van der Waals surface area contributed by atoms with Gasteiger partial charge < -0.3 is 14.9 Å². The summed E-state index contributed by atoms with van der Waals surface area (Å²) in [5.41, 5.74) is 0. The van der Waals surface area contributed by atoms with Crippen molar-refractivity contribution in [1.29, 1.82) is 0 Å². The number of benzene rings is 1. The maximum absolute atomic E-state index is 10.5. The Morgan fingerprint density at radius 3 is 2.54 bits per heavy atom. The minimum atomic E-state index is -0.781. The zero-order valence-electron chi connectivity index (χ0n) is 14.3. The summed E-state index contributed by atoms with van der Waals surface area (Å²) in [6.07, 6.45) is 6.24. The number of unbranched alkanes of at least 4 members (excludes halogenated alkanes) is 1. The average molecular weight is 422 g/mol. The van der Waals surface area contributed by atoms with Gasteiger partial charge in [-0.3, -0.25) is 4.79 Å². The predicted molar refractivity (Wildman–Crippen MR) is 104 cm³/mol. The maximum Gasteiger partial charge on any atom is 0.303 e. The lowest BCUT2D eigenvalue weighted by atomic mass is 9.92. The lowest BCUT2D eigenvalue weighted by Gasteiger charge is -2.22. The van der Waals surface area contributed by atoms with Gasteiger partial charge in [-0.15, -0.1) is 11.6 Å². The van der Waals surface area contributed by atoms with Gasteiger partial charge in [0, 0.05) is 27.8 Å². The number of hydrogen-bond acceptors (Lipinski definition) is 3. The Hall–Kier alpha value is -0.940. The van der Waals surface area contributed by atoms with Gasteiger partial charge in [0.2, 0.25) is 0 Å². The van der Waals surface area contributed by atoms with Crippen molar-refractivity contribution in [2.24, 2.45) is 11.8 Å². The van der Waals surface area contributed by atoms with Crippen LogP contribution in [0.4, 0.5) is 0 Å². The zero-order chi connectivity index (χ0) is 19.1. The van der Waals surface area contributed by atoms with Crippen LogP contribution in [0.25, 0.3) is 0 Å². The van der Waals surface area contributed by atoms with Crippen LogP contribution >= 0.6 is 34.8 Å². The molecule has 1 aliphatic carbocycles. The van der Waals surface area contributed by atoms with Crippen molar-refractivity contribution in [3.05, 3.63) is 40.4 Å². The fraction of sp³-hybridized carbons (Fsp3) is 0.526. The Bertz CT molecular complexity index is 615. The van der Waals surface area contributed by atoms with Gasteiger partial charge in [-0.25, -0.2) is 0 Å². The van der Waals surface area contributed by atoms with E-state index in [1.807, 2.05) is 12.2 Å². The second-order valence-electron chi connectivity index (χ2n) is 6.56. The molecule has 1 aromatic carbocycles. The molecular weight excluding hydrogens is 399 g/mol. The SMILES string of the molecule is O=C(O)CCC/C=C\C[C@@H]1[C@@H](COc2cc(Cl)cc(Cl)c2)[C@H](O)C[C@@H]1Cl. The number of aliphatic hydroxyl groups excluding tert-OH is 1. The Balaban J connectivity index is 1.88. The minimum Gasteiger partial charge on any atom is -0.493 e. The monoisotopic (exact) mass is 420 g/mol. The number of halogens is 3. The number of hydrogen-bond donors (Lipinski definition) is 2. The quantitative estimate of drug-likeness (QED) is 0.327. The van der Waals surface area contributed by atoms with Crippen LogP contribution in [0.2, 0.25) is 10.0 Å². The van der Waals surface area contributed by atoms with Crippen LogP contribution in [0.5, 0.6) is 5.75 Å². The molecule has 7 heteroatoms. The number of rotatable bonds is 9. The number of ether oxygens (including phenoxy) is 1. The normalized spacial score (nSPS) is 25.7. The van der Waals surface area contributed by atoms with E-state index in [4.69, 9.17) is 44.6 Å². The molecule has 0 aromatic heterocycles. The maximum atomic E-state index is 10.5. The van der Waals surface area contributed by atoms with Crippen LogP contribution in [-0.2, 0) is 4.79 Å². The van der Waals surface area contributed by atoms with Gasteiger partial charge in [0.25, 0.3) is 0 Å². The predicted octanol–water partition coefficient (Wildman–Crippen LogP) is 5.18. The number of aliphatic carboxylic acids is 1. The number of allylic oxidation sites excluding steroid dienone is 2. The molecular formula is C19H23Cl3O4. The largest absolute Gasteiger partial charge is 0.493 e. The smallest absolute Gasteiger partial charge is 0.303 e. The molecule has 0 bridgehead atoms. The molecule has 0 saturated heterocycles. The van der Waals surface area contributed by atoms with Crippen molar-refractivity contribution < 1.29 is 19.7 Å². The summed E-state index contributed by atoms with van der Waals surface area (Å²) in [6, 6.07) is 5.00. The van der Waals surface area contributed by atoms with E-state index in [1.165, 1.54) is 0 Å². The third-order valence-electron chi connectivity index (χ3n) is 4.59. The van der Waals surface area contributed by atoms with Crippen molar-refractivity contribution >= 4 is 40.8 Å². The third kappa shape index (κ3) is 6.66. The lowest BCUT2D eigenvalue weighted by Crippen LogP contribution is -2.27. The van der Waals surface area contributed by atoms with Crippen LogP contribution in [0.15, 0.2) is 30.4 Å². The summed E-state index contributed by atoms with van der Waals surface area (Å²) in [6.45, 7) is 0.332. The first-order valence-electron chi connectivity index (χ1n) is 8.64. The van der Waals surface area contributed by atoms with E-state index in [2.05, 4.69) is 0 Å². The summed E-state index contributed by atoms with van der Waals surface area (Å²) in [5.74, 6) is -0.205. The van der Waals surface area contributed by atoms with Gasteiger partial charge in [-0.1, -0.05) is 35.4 Å². The Kier molecular flexibility index (Phi) is 8.55. The summed E-state index contributed by atoms with van der Waals surface area (Å²) >= 11 is 18.4. The number of alkyl halides is 1. The van der Waals surface area contributed by atoms with E-state index in [1.54, 1.807) is 18.2 Å². The molecule has 0 aliphatic heterocycles. The van der Waals surface area contributed by atoms with Gasteiger partial charge in [0.05, 0.1) is 12.7 Å². The van der Waals surface area contributed by atoms with E-state index in [9.17, 15) is 9.90 Å². The molecule has 0 spiro atoms. The summed E-state index contributed by atoms with van der Waals surface area (Å²) in [4.78, 5) is 10.5. The molecule has 4 atom stereocenters. The van der Waals surface area contributed by atoms with Gasteiger partial charge >= 0.3 is 5.97 Å². The highest BCUT2D eigenvalue weighted by Gasteiger charge is 2.41. The van der Waals surface area contributed by atoms with E-state index in [-0.39, 0.29) is 23.6 Å². The van der Waals surface area contributed by atoms with E-state index in [0.717, 1.165) is 12.8 Å². The van der Waals surface area contributed by atoms with Crippen LogP contribution < -0.4 is 4.74 Å². The van der Waals surface area contributed by atoms with E-state index >= 15 is 0 Å². The van der Waals surface area contributed by atoms with Crippen LogP contribution in [0, 0.1) is 11.8 Å². The van der Waals surface area contributed by atoms with E-state index in [0.29, 0.717) is 35.2 Å². The average Bonchev–Trinajstić information content (AvgIpc) is 2.81. The number of carbonyl (C=O) groups is 1. The van der Waals surface area contributed by atoms with Gasteiger partial charge in [-0.05, 0) is 49.8 Å². The molecule has 144 valence electrons. The summed E-state index contributed by atoms with van der Waals surface area (Å²) < 4.78 is 5.79. The van der Waals surface area contributed by atoms with Crippen molar-refractivity contribution in [1.82, 2.24) is 0 Å². The molecule has 0 unspecified atom stereocenters. The van der Waals surface area contributed by atoms with Gasteiger partial charge in [0.15, 0.2) is 0 Å². The fourth-order valence-corrected chi connectivity index (χ4v) is 4.22. The first kappa shape index (κ1) is 21.4. The fourth-order valence-electron chi connectivity index (χ4n) is 3.24. The van der Waals surface area contributed by atoms with Crippen molar-refractivity contribution in [3.63, 3.8) is 0 Å². The zero-order valence-corrected chi connectivity index (χ0v) is 16.6. The highest BCUT2D eigenvalue weighted by atomic mass is 35.5. The van der Waals surface area contributed by atoms with Crippen LogP contribution in [0.3, 0.4) is 0 Å². The Morgan fingerprint density at radius 1 is 1.19 bits per heavy atom. The van der Waals surface area contributed by atoms with Crippen molar-refractivity contribution in [2.75, 3.05) is 6.61 Å². The number of carboxylic acids is 1. The van der Waals surface area contributed by atoms with Crippen LogP contribution in [0.1, 0.15) is 32.1 Å². The van der Waals surface area contributed by atoms with Gasteiger partial charge in [0.1, 0.15) is 5.75 Å². The molecule has 1 fully saturated rings. The first-order chi connectivity index (χ1) is 12.4. The van der Waals surface area contributed by atoms with E-state index < -0.39 is 12.1 Å². The molecule has 2 rings (SSSR count). The number of carboxylic acid groups (broad SMARTS) is 1. The highest BCUT2D eigenvalue weighted by molar-refractivity contribution is 6.34. The molecule has 2 N–H and O–H groups in total. The second kappa shape index (κ2) is 10.4. The topological polar surface area (TPSA) is 66.8 Å². The molecule has 26 heavy (non-hydrogen) atoms. The molecule has 4 nitrogen and oxygen atoms in total. The molecule has 1 aromatic rings. The third-order valence-corrected chi connectivity index (χ3v) is 5.53. The summed E-state index contributed by atoms with van der Waals surface area (Å²) in [7, 11) is 0.